The van der Waals surface area contributed by atoms with Gasteiger partial charge in [0, 0.05) is 17.1 Å². The molecule has 1 aromatic heterocycles. The average Bonchev–Trinajstić information content (AvgIpc) is 3.03. The zero-order valence-corrected chi connectivity index (χ0v) is 21.9. The SMILES string of the molecule is c1ccc(-c2c3ccccc3c(-c3cc(-c4cccc5cccnc45)c4ccccc4c3)c3ccccc23)cc1. The lowest BCUT2D eigenvalue weighted by atomic mass is 9.84. The Hall–Kier alpha value is -5.27. The van der Waals surface area contributed by atoms with Crippen molar-refractivity contribution in [1.29, 1.82) is 0 Å². The van der Waals surface area contributed by atoms with Crippen molar-refractivity contribution < 1.29 is 0 Å². The van der Waals surface area contributed by atoms with E-state index in [1.54, 1.807) is 0 Å². The molecule has 1 heterocycles. The first-order chi connectivity index (χ1) is 19.9. The molecular weight excluding hydrogens is 482 g/mol. The van der Waals surface area contributed by atoms with Gasteiger partial charge in [-0.1, -0.05) is 127 Å². The fourth-order valence-corrected chi connectivity index (χ4v) is 6.35. The highest BCUT2D eigenvalue weighted by atomic mass is 14.6. The molecule has 0 amide bonds. The number of hydrogen-bond acceptors (Lipinski definition) is 1. The fourth-order valence-electron chi connectivity index (χ4n) is 6.35. The van der Waals surface area contributed by atoms with Crippen LogP contribution in [0.5, 0.6) is 0 Å². The van der Waals surface area contributed by atoms with Gasteiger partial charge in [0.1, 0.15) is 0 Å². The Morgan fingerprint density at radius 2 is 0.900 bits per heavy atom. The first-order valence-electron chi connectivity index (χ1n) is 13.7. The maximum absolute atomic E-state index is 4.81. The van der Waals surface area contributed by atoms with E-state index in [0.29, 0.717) is 0 Å². The summed E-state index contributed by atoms with van der Waals surface area (Å²) in [6, 6.07) is 52.6. The molecule has 0 aliphatic carbocycles. The quantitative estimate of drug-likeness (QED) is 0.217. The molecule has 7 aromatic carbocycles. The van der Waals surface area contributed by atoms with Crippen LogP contribution in [0.3, 0.4) is 0 Å². The maximum Gasteiger partial charge on any atom is 0.0780 e. The standard InChI is InChI=1S/C39H25N/c1-2-12-26(13-3-1)37-31-18-6-8-20-33(31)38(34-21-9-7-19-32(34)37)29-24-28-14-4-5-17-30(28)36(25-29)35-22-10-15-27-16-11-23-40-39(27)35/h1-25H. The van der Waals surface area contributed by atoms with E-state index in [2.05, 4.69) is 140 Å². The van der Waals surface area contributed by atoms with E-state index in [9.17, 15) is 0 Å². The summed E-state index contributed by atoms with van der Waals surface area (Å²) in [6.07, 6.45) is 1.89. The molecule has 40 heavy (non-hydrogen) atoms. The van der Waals surface area contributed by atoms with Crippen LogP contribution in [-0.4, -0.2) is 4.98 Å². The third-order valence-electron chi connectivity index (χ3n) is 8.07. The van der Waals surface area contributed by atoms with Gasteiger partial charge in [0.05, 0.1) is 5.52 Å². The summed E-state index contributed by atoms with van der Waals surface area (Å²) in [5.74, 6) is 0. The summed E-state index contributed by atoms with van der Waals surface area (Å²) in [7, 11) is 0. The van der Waals surface area contributed by atoms with Crippen molar-refractivity contribution in [2.24, 2.45) is 0 Å². The van der Waals surface area contributed by atoms with Crippen molar-refractivity contribution in [1.82, 2.24) is 4.98 Å². The minimum Gasteiger partial charge on any atom is -0.256 e. The van der Waals surface area contributed by atoms with Gasteiger partial charge in [-0.15, -0.1) is 0 Å². The smallest absolute Gasteiger partial charge is 0.0780 e. The van der Waals surface area contributed by atoms with Crippen LogP contribution >= 0.6 is 0 Å². The minimum atomic E-state index is 1.03. The molecule has 0 aliphatic rings. The Kier molecular flexibility index (Phi) is 5.21. The first kappa shape index (κ1) is 22.7. The topological polar surface area (TPSA) is 12.9 Å². The zero-order chi connectivity index (χ0) is 26.5. The summed E-state index contributed by atoms with van der Waals surface area (Å²) >= 11 is 0. The number of aromatic nitrogens is 1. The van der Waals surface area contributed by atoms with Crippen LogP contribution in [-0.2, 0) is 0 Å². The van der Waals surface area contributed by atoms with E-state index < -0.39 is 0 Å². The molecule has 0 spiro atoms. The van der Waals surface area contributed by atoms with Gasteiger partial charge in [-0.2, -0.15) is 0 Å². The molecule has 8 rings (SSSR count). The molecule has 1 heteroatoms. The van der Waals surface area contributed by atoms with Crippen molar-refractivity contribution in [3.05, 3.63) is 152 Å². The summed E-state index contributed by atoms with van der Waals surface area (Å²) in [5.41, 5.74) is 8.40. The number of benzene rings is 7. The number of fused-ring (bicyclic) bond motifs is 4. The van der Waals surface area contributed by atoms with Gasteiger partial charge in [0.15, 0.2) is 0 Å². The normalized spacial score (nSPS) is 11.5. The van der Waals surface area contributed by atoms with Crippen molar-refractivity contribution in [2.45, 2.75) is 0 Å². The Morgan fingerprint density at radius 3 is 1.60 bits per heavy atom. The predicted molar refractivity (Wildman–Crippen MR) is 171 cm³/mol. The second-order valence-corrected chi connectivity index (χ2v) is 10.3. The largest absolute Gasteiger partial charge is 0.256 e. The number of para-hydroxylation sites is 1. The van der Waals surface area contributed by atoms with Gasteiger partial charge in [-0.3, -0.25) is 4.98 Å². The molecule has 8 aromatic rings. The second kappa shape index (κ2) is 9.18. The molecule has 0 N–H and O–H groups in total. The molecule has 0 saturated carbocycles. The highest BCUT2D eigenvalue weighted by Crippen LogP contribution is 2.45. The van der Waals surface area contributed by atoms with E-state index in [1.807, 2.05) is 12.3 Å². The molecule has 0 unspecified atom stereocenters. The van der Waals surface area contributed by atoms with Crippen LogP contribution in [0, 0.1) is 0 Å². The lowest BCUT2D eigenvalue weighted by Crippen LogP contribution is -1.92. The highest BCUT2D eigenvalue weighted by molar-refractivity contribution is 6.22. The second-order valence-electron chi connectivity index (χ2n) is 10.3. The summed E-state index contributed by atoms with van der Waals surface area (Å²) in [4.78, 5) is 4.81. The van der Waals surface area contributed by atoms with Gasteiger partial charge < -0.3 is 0 Å². The number of pyridine rings is 1. The van der Waals surface area contributed by atoms with Gasteiger partial charge >= 0.3 is 0 Å². The number of hydrogen-bond donors (Lipinski definition) is 0. The Morgan fingerprint density at radius 1 is 0.350 bits per heavy atom. The molecule has 1 nitrogen and oxygen atoms in total. The average molecular weight is 508 g/mol. The lowest BCUT2D eigenvalue weighted by Gasteiger charge is -2.19. The molecule has 0 aliphatic heterocycles. The minimum absolute atomic E-state index is 1.03. The molecule has 186 valence electrons. The Balaban J connectivity index is 1.52. The van der Waals surface area contributed by atoms with Crippen molar-refractivity contribution >= 4 is 43.2 Å². The maximum atomic E-state index is 4.81. The number of rotatable bonds is 3. The summed E-state index contributed by atoms with van der Waals surface area (Å²) in [5, 5.41) is 8.67. The third kappa shape index (κ3) is 3.52. The first-order valence-corrected chi connectivity index (χ1v) is 13.7. The summed E-state index contributed by atoms with van der Waals surface area (Å²) in [6.45, 7) is 0. The van der Waals surface area contributed by atoms with Gasteiger partial charge in [-0.05, 0) is 78.3 Å². The van der Waals surface area contributed by atoms with Crippen molar-refractivity contribution in [2.75, 3.05) is 0 Å². The lowest BCUT2D eigenvalue weighted by molar-refractivity contribution is 1.41. The Labute approximate surface area is 233 Å². The Bertz CT molecular complexity index is 2150. The van der Waals surface area contributed by atoms with Crippen LogP contribution < -0.4 is 0 Å². The van der Waals surface area contributed by atoms with E-state index >= 15 is 0 Å². The van der Waals surface area contributed by atoms with Crippen LogP contribution in [0.15, 0.2) is 152 Å². The van der Waals surface area contributed by atoms with Crippen LogP contribution in [0.1, 0.15) is 0 Å². The highest BCUT2D eigenvalue weighted by Gasteiger charge is 2.18. The van der Waals surface area contributed by atoms with Crippen LogP contribution in [0.2, 0.25) is 0 Å². The summed E-state index contributed by atoms with van der Waals surface area (Å²) < 4.78 is 0. The van der Waals surface area contributed by atoms with Crippen LogP contribution in [0.25, 0.3) is 76.6 Å². The van der Waals surface area contributed by atoms with E-state index in [0.717, 1.165) is 16.5 Å². The van der Waals surface area contributed by atoms with E-state index in [4.69, 9.17) is 4.98 Å². The molecule has 0 bridgehead atoms. The monoisotopic (exact) mass is 507 g/mol. The van der Waals surface area contributed by atoms with E-state index in [1.165, 1.54) is 60.1 Å². The molecule has 0 fully saturated rings. The van der Waals surface area contributed by atoms with Crippen molar-refractivity contribution in [3.8, 4) is 33.4 Å². The van der Waals surface area contributed by atoms with E-state index in [-0.39, 0.29) is 0 Å². The number of nitrogens with zero attached hydrogens (tertiary/aromatic N) is 1. The van der Waals surface area contributed by atoms with Crippen LogP contribution in [0.4, 0.5) is 0 Å². The van der Waals surface area contributed by atoms with Gasteiger partial charge in [0.2, 0.25) is 0 Å². The van der Waals surface area contributed by atoms with Gasteiger partial charge in [0.25, 0.3) is 0 Å². The zero-order valence-electron chi connectivity index (χ0n) is 21.9. The predicted octanol–water partition coefficient (Wildman–Crippen LogP) is 10.7. The molecule has 0 saturated heterocycles. The third-order valence-corrected chi connectivity index (χ3v) is 8.07. The van der Waals surface area contributed by atoms with Crippen molar-refractivity contribution in [3.63, 3.8) is 0 Å². The molecular formula is C39H25N. The molecule has 0 atom stereocenters. The molecule has 0 radical (unpaired) electrons. The van der Waals surface area contributed by atoms with Gasteiger partial charge in [-0.25, -0.2) is 0 Å². The fraction of sp³-hybridized carbons (Fsp3) is 0.